The van der Waals surface area contributed by atoms with E-state index in [1.807, 2.05) is 24.5 Å². The number of pyridine rings is 1. The van der Waals surface area contributed by atoms with Gasteiger partial charge in [0.15, 0.2) is 0 Å². The highest BCUT2D eigenvalue weighted by Gasteiger charge is 2.27. The molecule has 1 unspecified atom stereocenters. The molecule has 3 heterocycles. The van der Waals surface area contributed by atoms with Crippen molar-refractivity contribution in [2.24, 2.45) is 0 Å². The van der Waals surface area contributed by atoms with Gasteiger partial charge in [-0.25, -0.2) is 0 Å². The summed E-state index contributed by atoms with van der Waals surface area (Å²) in [4.78, 5) is 6.80. The van der Waals surface area contributed by atoms with Crippen LogP contribution in [0.4, 0.5) is 0 Å². The lowest BCUT2D eigenvalue weighted by atomic mass is 9.99. The zero-order valence-corrected chi connectivity index (χ0v) is 15.6. The smallest absolute Gasteiger partial charge is 0.0487 e. The highest BCUT2D eigenvalue weighted by Crippen LogP contribution is 2.34. The fourth-order valence-corrected chi connectivity index (χ4v) is 4.26. The molecule has 1 aliphatic heterocycles. The Balaban J connectivity index is 1.77. The third-order valence-corrected chi connectivity index (χ3v) is 5.71. The Morgan fingerprint density at radius 2 is 2.16 bits per heavy atom. The molecule has 130 valence electrons. The Bertz CT molecular complexity index is 885. The molecule has 0 bridgehead atoms. The zero-order chi connectivity index (χ0) is 17.4. The number of fused-ring (bicyclic) bond motifs is 3. The lowest BCUT2D eigenvalue weighted by molar-refractivity contribution is 0.192. The quantitative estimate of drug-likeness (QED) is 0.678. The molecule has 1 aromatic carbocycles. The van der Waals surface area contributed by atoms with Gasteiger partial charge in [-0.15, -0.1) is 0 Å². The summed E-state index contributed by atoms with van der Waals surface area (Å²) in [6, 6.07) is 11.1. The third kappa shape index (κ3) is 3.07. The Hall–Kier alpha value is -1.84. The predicted octanol–water partition coefficient (Wildman–Crippen LogP) is 4.70. The van der Waals surface area contributed by atoms with Crippen LogP contribution in [-0.2, 0) is 25.9 Å². The number of nitrogens with zero attached hydrogens (tertiary/aromatic N) is 3. The first-order valence-electron chi connectivity index (χ1n) is 9.09. The molecule has 0 N–H and O–H groups in total. The molecule has 0 amide bonds. The fourth-order valence-electron chi connectivity index (χ4n) is 4.09. The molecule has 2 aromatic heterocycles. The molecule has 3 nitrogen and oxygen atoms in total. The molecule has 1 aliphatic rings. The number of likely N-dealkylation sites (N-methyl/N-ethyl adjacent to an activating group) is 1. The van der Waals surface area contributed by atoms with E-state index < -0.39 is 0 Å². The minimum absolute atomic E-state index is 0.578. The van der Waals surface area contributed by atoms with E-state index in [-0.39, 0.29) is 0 Å². The molecule has 25 heavy (non-hydrogen) atoms. The molecular formula is C21H24ClN3. The van der Waals surface area contributed by atoms with E-state index in [1.165, 1.54) is 27.7 Å². The number of benzene rings is 1. The van der Waals surface area contributed by atoms with Gasteiger partial charge in [-0.2, -0.15) is 0 Å². The van der Waals surface area contributed by atoms with Crippen LogP contribution >= 0.6 is 11.6 Å². The number of hydrogen-bond donors (Lipinski definition) is 0. The first-order valence-corrected chi connectivity index (χ1v) is 9.47. The summed E-state index contributed by atoms with van der Waals surface area (Å²) in [5.41, 5.74) is 5.54. The van der Waals surface area contributed by atoms with Crippen LogP contribution in [0.3, 0.4) is 0 Å². The van der Waals surface area contributed by atoms with Crippen molar-refractivity contribution in [2.45, 2.75) is 45.8 Å². The summed E-state index contributed by atoms with van der Waals surface area (Å²) in [6.07, 6.45) is 5.90. The fraction of sp³-hybridized carbons (Fsp3) is 0.381. The Labute approximate surface area is 154 Å². The van der Waals surface area contributed by atoms with E-state index >= 15 is 0 Å². The van der Waals surface area contributed by atoms with Gasteiger partial charge in [-0.1, -0.05) is 24.6 Å². The van der Waals surface area contributed by atoms with Crippen molar-refractivity contribution in [1.29, 1.82) is 0 Å². The second-order valence-corrected chi connectivity index (χ2v) is 7.40. The van der Waals surface area contributed by atoms with Crippen LogP contribution in [0.2, 0.25) is 5.02 Å². The van der Waals surface area contributed by atoms with Gasteiger partial charge in [0.05, 0.1) is 0 Å². The Kier molecular flexibility index (Phi) is 4.53. The summed E-state index contributed by atoms with van der Waals surface area (Å²) in [7, 11) is 0. The molecule has 0 saturated heterocycles. The number of hydrogen-bond acceptors (Lipinski definition) is 2. The average Bonchev–Trinajstić information content (AvgIpc) is 2.92. The van der Waals surface area contributed by atoms with Gasteiger partial charge in [0.2, 0.25) is 0 Å². The van der Waals surface area contributed by atoms with Crippen molar-refractivity contribution < 1.29 is 0 Å². The molecule has 0 fully saturated rings. The minimum atomic E-state index is 0.578. The van der Waals surface area contributed by atoms with Gasteiger partial charge in [0, 0.05) is 59.6 Å². The summed E-state index contributed by atoms with van der Waals surface area (Å²) >= 11 is 6.31. The molecule has 0 radical (unpaired) electrons. The lowest BCUT2D eigenvalue weighted by Gasteiger charge is -2.33. The van der Waals surface area contributed by atoms with E-state index in [0.717, 1.165) is 37.5 Å². The topological polar surface area (TPSA) is 21.1 Å². The van der Waals surface area contributed by atoms with E-state index in [1.54, 1.807) is 0 Å². The standard InChI is InChI=1S/C21H24ClN3/c1-3-24-14-19-18-12-17(22)6-7-20(18)25(21(19)11-15(24)2)10-8-16-5-4-9-23-13-16/h4-7,9,12-13,15H,3,8,10-11,14H2,1-2H3. The Morgan fingerprint density at radius 3 is 2.92 bits per heavy atom. The number of rotatable bonds is 4. The van der Waals surface area contributed by atoms with E-state index in [4.69, 9.17) is 11.6 Å². The van der Waals surface area contributed by atoms with Crippen LogP contribution in [0, 0.1) is 0 Å². The molecule has 0 saturated carbocycles. The first-order chi connectivity index (χ1) is 12.2. The highest BCUT2D eigenvalue weighted by molar-refractivity contribution is 6.31. The van der Waals surface area contributed by atoms with Gasteiger partial charge >= 0.3 is 0 Å². The molecule has 1 atom stereocenters. The second kappa shape index (κ2) is 6.81. The van der Waals surface area contributed by atoms with Crippen LogP contribution in [0.25, 0.3) is 10.9 Å². The van der Waals surface area contributed by atoms with Gasteiger partial charge in [0.1, 0.15) is 0 Å². The van der Waals surface area contributed by atoms with Crippen LogP contribution in [0.5, 0.6) is 0 Å². The average molecular weight is 354 g/mol. The molecule has 0 aliphatic carbocycles. The van der Waals surface area contributed by atoms with Crippen LogP contribution in [0.15, 0.2) is 42.7 Å². The van der Waals surface area contributed by atoms with Gasteiger partial charge < -0.3 is 4.57 Å². The first kappa shape index (κ1) is 16.6. The summed E-state index contributed by atoms with van der Waals surface area (Å²) < 4.78 is 2.51. The summed E-state index contributed by atoms with van der Waals surface area (Å²) in [5, 5.41) is 2.14. The molecule has 0 spiro atoms. The number of aromatic nitrogens is 2. The molecule has 4 heteroatoms. The van der Waals surface area contributed by atoms with Crippen LogP contribution < -0.4 is 0 Å². The molecule has 4 rings (SSSR count). The van der Waals surface area contributed by atoms with Gasteiger partial charge in [0.25, 0.3) is 0 Å². The maximum absolute atomic E-state index is 6.31. The van der Waals surface area contributed by atoms with Crippen molar-refractivity contribution in [3.8, 4) is 0 Å². The summed E-state index contributed by atoms with van der Waals surface area (Å²) in [6.45, 7) is 7.67. The summed E-state index contributed by atoms with van der Waals surface area (Å²) in [5.74, 6) is 0. The van der Waals surface area contributed by atoms with Crippen molar-refractivity contribution in [2.75, 3.05) is 6.54 Å². The van der Waals surface area contributed by atoms with E-state index in [9.17, 15) is 0 Å². The van der Waals surface area contributed by atoms with E-state index in [0.29, 0.717) is 6.04 Å². The highest BCUT2D eigenvalue weighted by atomic mass is 35.5. The van der Waals surface area contributed by atoms with Gasteiger partial charge in [-0.05, 0) is 55.3 Å². The SMILES string of the molecule is CCN1Cc2c(n(CCc3cccnc3)c3ccc(Cl)cc23)CC1C. The van der Waals surface area contributed by atoms with E-state index in [2.05, 4.69) is 46.5 Å². The van der Waals surface area contributed by atoms with Crippen molar-refractivity contribution in [3.63, 3.8) is 0 Å². The van der Waals surface area contributed by atoms with Gasteiger partial charge in [-0.3, -0.25) is 9.88 Å². The largest absolute Gasteiger partial charge is 0.344 e. The van der Waals surface area contributed by atoms with Crippen molar-refractivity contribution in [1.82, 2.24) is 14.5 Å². The maximum Gasteiger partial charge on any atom is 0.0487 e. The molecular weight excluding hydrogens is 330 g/mol. The maximum atomic E-state index is 6.31. The third-order valence-electron chi connectivity index (χ3n) is 5.48. The van der Waals surface area contributed by atoms with Crippen molar-refractivity contribution >= 4 is 22.5 Å². The minimum Gasteiger partial charge on any atom is -0.344 e. The van der Waals surface area contributed by atoms with Crippen LogP contribution in [0.1, 0.15) is 30.7 Å². The normalized spacial score (nSPS) is 17.8. The lowest BCUT2D eigenvalue weighted by Crippen LogP contribution is -2.38. The molecule has 3 aromatic rings. The monoisotopic (exact) mass is 353 g/mol. The van der Waals surface area contributed by atoms with Crippen molar-refractivity contribution in [3.05, 3.63) is 64.6 Å². The number of aryl methyl sites for hydroxylation is 2. The van der Waals surface area contributed by atoms with Crippen LogP contribution in [-0.4, -0.2) is 27.0 Å². The Morgan fingerprint density at radius 1 is 1.28 bits per heavy atom. The predicted molar refractivity (Wildman–Crippen MR) is 104 cm³/mol. The number of halogens is 1. The zero-order valence-electron chi connectivity index (χ0n) is 14.9. The second-order valence-electron chi connectivity index (χ2n) is 6.97.